The molecule has 4 heterocycles. The highest BCUT2D eigenvalue weighted by atomic mass is 16.3. The van der Waals surface area contributed by atoms with Crippen LogP contribution in [-0.4, -0.2) is 34.6 Å². The first kappa shape index (κ1) is 17.0. The van der Waals surface area contributed by atoms with Gasteiger partial charge in [0.2, 0.25) is 0 Å². The Kier molecular flexibility index (Phi) is 3.94. The van der Waals surface area contributed by atoms with Crippen LogP contribution in [0, 0.1) is 0 Å². The third-order valence-electron chi connectivity index (χ3n) is 5.25. The predicted octanol–water partition coefficient (Wildman–Crippen LogP) is 3.29. The van der Waals surface area contributed by atoms with Crippen molar-refractivity contribution in [2.24, 2.45) is 0 Å². The molecule has 0 radical (unpaired) electrons. The average Bonchev–Trinajstić information content (AvgIpc) is 3.11. The zero-order chi connectivity index (χ0) is 19.3. The minimum atomic E-state index is -0.0496. The van der Waals surface area contributed by atoms with Gasteiger partial charge < -0.3 is 19.0 Å². The lowest BCUT2D eigenvalue weighted by molar-refractivity contribution is 0.407. The van der Waals surface area contributed by atoms with Crippen LogP contribution in [0.1, 0.15) is 13.8 Å². The number of hydrogen-bond donors (Lipinski definition) is 1. The van der Waals surface area contributed by atoms with Crippen molar-refractivity contribution in [2.45, 2.75) is 25.9 Å². The molecule has 0 amide bonds. The number of benzene rings is 1. The summed E-state index contributed by atoms with van der Waals surface area (Å²) >= 11 is 0. The predicted molar refractivity (Wildman–Crippen MR) is 111 cm³/mol. The molecule has 6 nitrogen and oxygen atoms in total. The van der Waals surface area contributed by atoms with Crippen molar-refractivity contribution in [3.05, 3.63) is 65.1 Å². The number of aromatic nitrogens is 2. The molecule has 1 saturated heterocycles. The highest BCUT2D eigenvalue weighted by Crippen LogP contribution is 2.26. The highest BCUT2D eigenvalue weighted by molar-refractivity contribution is 5.82. The van der Waals surface area contributed by atoms with E-state index >= 15 is 0 Å². The topological polar surface area (TPSA) is 62.8 Å². The Morgan fingerprint density at radius 1 is 1.11 bits per heavy atom. The number of anilines is 1. The van der Waals surface area contributed by atoms with Crippen molar-refractivity contribution < 1.29 is 4.42 Å². The molecule has 3 aromatic heterocycles. The molecule has 0 spiro atoms. The minimum absolute atomic E-state index is 0.0496. The van der Waals surface area contributed by atoms with Crippen molar-refractivity contribution in [2.75, 3.05) is 18.0 Å². The fourth-order valence-corrected chi connectivity index (χ4v) is 4.06. The summed E-state index contributed by atoms with van der Waals surface area (Å²) in [5, 5.41) is 4.13. The smallest absolute Gasteiger partial charge is 0.193 e. The summed E-state index contributed by atoms with van der Waals surface area (Å²) in [6, 6.07) is 14.0. The van der Waals surface area contributed by atoms with E-state index in [0.717, 1.165) is 24.4 Å². The van der Waals surface area contributed by atoms with Gasteiger partial charge in [-0.2, -0.15) is 0 Å². The monoisotopic (exact) mass is 374 g/mol. The van der Waals surface area contributed by atoms with E-state index < -0.39 is 0 Å². The molecule has 6 heteroatoms. The molecular formula is C22H22N4O2. The van der Waals surface area contributed by atoms with Gasteiger partial charge in [-0.1, -0.05) is 6.07 Å². The van der Waals surface area contributed by atoms with Crippen LogP contribution in [0.2, 0.25) is 0 Å². The number of nitrogens with one attached hydrogen (secondary N) is 1. The van der Waals surface area contributed by atoms with Gasteiger partial charge in [-0.3, -0.25) is 4.79 Å². The van der Waals surface area contributed by atoms with Crippen LogP contribution >= 0.6 is 0 Å². The van der Waals surface area contributed by atoms with Gasteiger partial charge in [0.25, 0.3) is 0 Å². The van der Waals surface area contributed by atoms with Crippen LogP contribution in [0.4, 0.5) is 5.69 Å². The third-order valence-corrected chi connectivity index (χ3v) is 5.25. The van der Waals surface area contributed by atoms with E-state index in [9.17, 15) is 4.79 Å². The van der Waals surface area contributed by atoms with Gasteiger partial charge >= 0.3 is 0 Å². The van der Waals surface area contributed by atoms with Crippen molar-refractivity contribution in [3.8, 4) is 11.5 Å². The van der Waals surface area contributed by atoms with Crippen molar-refractivity contribution in [1.29, 1.82) is 0 Å². The van der Waals surface area contributed by atoms with E-state index in [1.807, 2.05) is 53.2 Å². The third kappa shape index (κ3) is 2.96. The van der Waals surface area contributed by atoms with E-state index in [-0.39, 0.29) is 5.43 Å². The van der Waals surface area contributed by atoms with Gasteiger partial charge in [0.05, 0.1) is 5.39 Å². The van der Waals surface area contributed by atoms with Gasteiger partial charge in [-0.25, -0.2) is 4.98 Å². The Morgan fingerprint density at radius 2 is 1.93 bits per heavy atom. The molecule has 0 bridgehead atoms. The fourth-order valence-electron chi connectivity index (χ4n) is 4.06. The Labute approximate surface area is 162 Å². The first-order chi connectivity index (χ1) is 13.6. The zero-order valence-corrected chi connectivity index (χ0v) is 15.9. The van der Waals surface area contributed by atoms with Crippen molar-refractivity contribution >= 4 is 22.3 Å². The molecule has 1 fully saturated rings. The number of nitrogens with zero attached hydrogens (tertiary/aromatic N) is 3. The second-order valence-electron chi connectivity index (χ2n) is 7.62. The highest BCUT2D eigenvalue weighted by Gasteiger charge is 2.21. The molecule has 1 aliphatic rings. The fraction of sp³-hybridized carbons (Fsp3) is 0.273. The second-order valence-corrected chi connectivity index (χ2v) is 7.62. The summed E-state index contributed by atoms with van der Waals surface area (Å²) in [6.07, 6.45) is 3.80. The lowest BCUT2D eigenvalue weighted by Gasteiger charge is -2.37. The number of rotatable bonds is 2. The van der Waals surface area contributed by atoms with Gasteiger partial charge in [0, 0.05) is 49.3 Å². The summed E-state index contributed by atoms with van der Waals surface area (Å²) in [7, 11) is 0. The number of imidazole rings is 1. The number of fused-ring (bicyclic) bond motifs is 2. The molecular weight excluding hydrogens is 352 g/mol. The number of hydrogen-bond acceptors (Lipinski definition) is 5. The van der Waals surface area contributed by atoms with Gasteiger partial charge in [0.15, 0.2) is 11.2 Å². The van der Waals surface area contributed by atoms with Crippen molar-refractivity contribution in [3.63, 3.8) is 0 Å². The standard InChI is InChI=1S/C22H22N4O2/c1-14-11-26(12-15(2)23-14)16-6-7-20-17(9-16)19(27)10-21(28-20)18-13-25-8-4-3-5-22(25)24-18/h3-10,13-15,23H,11-12H2,1-2H3/t14-,15+. The first-order valence-electron chi connectivity index (χ1n) is 9.60. The summed E-state index contributed by atoms with van der Waals surface area (Å²) < 4.78 is 7.95. The Morgan fingerprint density at radius 3 is 2.71 bits per heavy atom. The lowest BCUT2D eigenvalue weighted by Crippen LogP contribution is -2.54. The molecule has 1 aliphatic heterocycles. The van der Waals surface area contributed by atoms with Crippen LogP contribution < -0.4 is 15.6 Å². The first-order valence-corrected chi connectivity index (χ1v) is 9.60. The summed E-state index contributed by atoms with van der Waals surface area (Å²) in [5.41, 5.74) is 3.06. The molecule has 1 N–H and O–H groups in total. The van der Waals surface area contributed by atoms with Crippen LogP contribution in [0.5, 0.6) is 0 Å². The van der Waals surface area contributed by atoms with Gasteiger partial charge in [-0.05, 0) is 44.2 Å². The van der Waals surface area contributed by atoms with Crippen LogP contribution in [-0.2, 0) is 0 Å². The van der Waals surface area contributed by atoms with E-state index in [1.165, 1.54) is 6.07 Å². The molecule has 0 saturated carbocycles. The summed E-state index contributed by atoms with van der Waals surface area (Å²) in [6.45, 7) is 6.19. The van der Waals surface area contributed by atoms with Crippen molar-refractivity contribution in [1.82, 2.24) is 14.7 Å². The Balaban J connectivity index is 1.56. The van der Waals surface area contributed by atoms with E-state index in [1.54, 1.807) is 0 Å². The van der Waals surface area contributed by atoms with Crippen LogP contribution in [0.25, 0.3) is 28.1 Å². The van der Waals surface area contributed by atoms with E-state index in [2.05, 4.69) is 29.0 Å². The molecule has 1 aromatic carbocycles. The van der Waals surface area contributed by atoms with Crippen LogP contribution in [0.3, 0.4) is 0 Å². The normalized spacial score (nSPS) is 20.1. The van der Waals surface area contributed by atoms with Gasteiger partial charge in [0.1, 0.15) is 16.9 Å². The maximum Gasteiger partial charge on any atom is 0.193 e. The molecule has 142 valence electrons. The minimum Gasteiger partial charge on any atom is -0.454 e. The molecule has 4 aromatic rings. The number of piperazine rings is 1. The maximum atomic E-state index is 12.8. The van der Waals surface area contributed by atoms with E-state index in [0.29, 0.717) is 34.5 Å². The second kappa shape index (κ2) is 6.49. The van der Waals surface area contributed by atoms with E-state index in [4.69, 9.17) is 4.42 Å². The van der Waals surface area contributed by atoms with Gasteiger partial charge in [-0.15, -0.1) is 0 Å². The quantitative estimate of drug-likeness (QED) is 0.583. The molecule has 0 aliphatic carbocycles. The summed E-state index contributed by atoms with van der Waals surface area (Å²) in [5.74, 6) is 0.485. The Bertz CT molecular complexity index is 1180. The molecule has 5 rings (SSSR count). The molecule has 2 atom stereocenters. The largest absolute Gasteiger partial charge is 0.454 e. The summed E-state index contributed by atoms with van der Waals surface area (Å²) in [4.78, 5) is 19.7. The molecule has 28 heavy (non-hydrogen) atoms. The molecule has 0 unspecified atom stereocenters. The van der Waals surface area contributed by atoms with Crippen LogP contribution in [0.15, 0.2) is 64.1 Å². The SMILES string of the molecule is C[C@@H]1CN(c2ccc3oc(-c4cn5ccccc5n4)cc(=O)c3c2)C[C@H](C)N1. The Hall–Kier alpha value is -3.12. The average molecular weight is 374 g/mol. The maximum absolute atomic E-state index is 12.8. The lowest BCUT2D eigenvalue weighted by atomic mass is 10.1. The number of pyridine rings is 1. The zero-order valence-electron chi connectivity index (χ0n) is 15.9.